The number of aliphatic hydroxyl groups excluding tert-OH is 1. The average Bonchev–Trinajstić information content (AvgIpc) is 3.05. The van der Waals surface area contributed by atoms with E-state index in [1.54, 1.807) is 11.3 Å². The first-order valence-corrected chi connectivity index (χ1v) is 10.9. The highest BCUT2D eigenvalue weighted by molar-refractivity contribution is 7.18. The van der Waals surface area contributed by atoms with Crippen LogP contribution in [0.2, 0.25) is 0 Å². The zero-order valence-corrected chi connectivity index (χ0v) is 17.3. The fourth-order valence-corrected chi connectivity index (χ4v) is 5.41. The summed E-state index contributed by atoms with van der Waals surface area (Å²) in [6.45, 7) is 6.11. The van der Waals surface area contributed by atoms with Gasteiger partial charge in [-0.15, -0.1) is 11.3 Å². The highest BCUT2D eigenvalue weighted by Gasteiger charge is 2.23. The molecule has 2 N–H and O–H groups in total. The molecule has 0 spiro atoms. The van der Waals surface area contributed by atoms with Crippen LogP contribution in [0.3, 0.4) is 0 Å². The number of fused-ring (bicyclic) bond motifs is 3. The normalized spacial score (nSPS) is 17.8. The summed E-state index contributed by atoms with van der Waals surface area (Å²) in [4.78, 5) is 24.8. The second-order valence-electron chi connectivity index (χ2n) is 7.80. The molecule has 2 heterocycles. The number of aromatic amines is 1. The van der Waals surface area contributed by atoms with Gasteiger partial charge < -0.3 is 10.1 Å². The number of benzene rings is 1. The van der Waals surface area contributed by atoms with E-state index in [0.717, 1.165) is 41.6 Å². The smallest absolute Gasteiger partial charge is 0.259 e. The molecule has 0 amide bonds. The lowest BCUT2D eigenvalue weighted by molar-refractivity contribution is 0.111. The molecule has 0 aliphatic heterocycles. The quantitative estimate of drug-likeness (QED) is 0.666. The molecule has 0 bridgehead atoms. The summed E-state index contributed by atoms with van der Waals surface area (Å²) in [5.41, 5.74) is 2.09. The maximum absolute atomic E-state index is 12.8. The standard InChI is InChI=1S/C22H27N3O2S/c1-3-25(12-17(26)15-7-5-4-6-8-15)13-19-23-21(27)20-16-10-9-14(2)11-18(16)28-22(20)24-19/h4-8,14,17,26H,3,9-13H2,1-2H3,(H,23,24,27). The third-order valence-electron chi connectivity index (χ3n) is 5.65. The molecule has 1 aromatic carbocycles. The minimum absolute atomic E-state index is 0.0216. The van der Waals surface area contributed by atoms with Gasteiger partial charge in [-0.2, -0.15) is 0 Å². The Hall–Kier alpha value is -2.02. The molecule has 2 aromatic heterocycles. The number of aryl methyl sites for hydroxylation is 1. The summed E-state index contributed by atoms with van der Waals surface area (Å²) in [6, 6.07) is 9.67. The molecule has 28 heavy (non-hydrogen) atoms. The summed E-state index contributed by atoms with van der Waals surface area (Å²) in [5, 5.41) is 11.3. The minimum atomic E-state index is -0.563. The maximum Gasteiger partial charge on any atom is 0.259 e. The van der Waals surface area contributed by atoms with E-state index in [0.29, 0.717) is 24.8 Å². The Morgan fingerprint density at radius 2 is 2.14 bits per heavy atom. The van der Waals surface area contributed by atoms with Crippen LogP contribution in [0.4, 0.5) is 0 Å². The van der Waals surface area contributed by atoms with E-state index in [1.165, 1.54) is 10.4 Å². The van der Waals surface area contributed by atoms with Gasteiger partial charge in [0.25, 0.3) is 5.56 Å². The van der Waals surface area contributed by atoms with Gasteiger partial charge in [-0.3, -0.25) is 9.69 Å². The Balaban J connectivity index is 1.56. The molecule has 1 aliphatic carbocycles. The number of rotatable bonds is 6. The van der Waals surface area contributed by atoms with Crippen LogP contribution in [0.5, 0.6) is 0 Å². The van der Waals surface area contributed by atoms with Crippen molar-refractivity contribution in [1.82, 2.24) is 14.9 Å². The minimum Gasteiger partial charge on any atom is -0.387 e. The number of hydrogen-bond donors (Lipinski definition) is 2. The van der Waals surface area contributed by atoms with Crippen LogP contribution in [-0.2, 0) is 19.4 Å². The third kappa shape index (κ3) is 3.90. The largest absolute Gasteiger partial charge is 0.387 e. The van der Waals surface area contributed by atoms with Gasteiger partial charge in [-0.1, -0.05) is 44.2 Å². The Morgan fingerprint density at radius 3 is 2.89 bits per heavy atom. The summed E-state index contributed by atoms with van der Waals surface area (Å²) in [5.74, 6) is 1.35. The van der Waals surface area contributed by atoms with E-state index >= 15 is 0 Å². The molecule has 0 fully saturated rings. The van der Waals surface area contributed by atoms with E-state index in [2.05, 4.69) is 23.7 Å². The van der Waals surface area contributed by atoms with Crippen LogP contribution in [0.15, 0.2) is 35.1 Å². The highest BCUT2D eigenvalue weighted by atomic mass is 32.1. The van der Waals surface area contributed by atoms with Crippen molar-refractivity contribution in [2.75, 3.05) is 13.1 Å². The first-order chi connectivity index (χ1) is 13.5. The zero-order valence-electron chi connectivity index (χ0n) is 16.4. The van der Waals surface area contributed by atoms with Crippen molar-refractivity contribution in [3.05, 3.63) is 62.5 Å². The lowest BCUT2D eigenvalue weighted by Crippen LogP contribution is -2.30. The molecule has 2 atom stereocenters. The Bertz CT molecular complexity index is 1010. The van der Waals surface area contributed by atoms with E-state index in [-0.39, 0.29) is 5.56 Å². The van der Waals surface area contributed by atoms with E-state index in [1.807, 2.05) is 30.3 Å². The molecular formula is C22H27N3O2S. The van der Waals surface area contributed by atoms with Gasteiger partial charge in [0.2, 0.25) is 0 Å². The first kappa shape index (κ1) is 19.3. The summed E-state index contributed by atoms with van der Waals surface area (Å²) in [6.07, 6.45) is 2.61. The molecule has 1 aliphatic rings. The Kier molecular flexibility index (Phi) is 5.62. The van der Waals surface area contributed by atoms with Gasteiger partial charge >= 0.3 is 0 Å². The van der Waals surface area contributed by atoms with Gasteiger partial charge in [-0.05, 0) is 42.9 Å². The SMILES string of the molecule is CCN(Cc1nc2sc3c(c2c(=O)[nH]1)CCC(C)C3)CC(O)c1ccccc1. The van der Waals surface area contributed by atoms with Crippen molar-refractivity contribution in [1.29, 1.82) is 0 Å². The molecule has 2 unspecified atom stereocenters. The number of thiophene rings is 1. The van der Waals surface area contributed by atoms with Crippen molar-refractivity contribution in [2.45, 2.75) is 45.8 Å². The Labute approximate surface area is 169 Å². The topological polar surface area (TPSA) is 69.2 Å². The van der Waals surface area contributed by atoms with E-state index in [4.69, 9.17) is 4.98 Å². The van der Waals surface area contributed by atoms with Crippen LogP contribution < -0.4 is 5.56 Å². The first-order valence-electron chi connectivity index (χ1n) is 10.0. The van der Waals surface area contributed by atoms with Crippen molar-refractivity contribution < 1.29 is 5.11 Å². The summed E-state index contributed by atoms with van der Waals surface area (Å²) < 4.78 is 0. The number of H-pyrrole nitrogens is 1. The maximum atomic E-state index is 12.8. The van der Waals surface area contributed by atoms with E-state index in [9.17, 15) is 9.90 Å². The van der Waals surface area contributed by atoms with Crippen molar-refractivity contribution in [3.63, 3.8) is 0 Å². The van der Waals surface area contributed by atoms with Crippen molar-refractivity contribution >= 4 is 21.6 Å². The fraction of sp³-hybridized carbons (Fsp3) is 0.455. The zero-order chi connectivity index (χ0) is 19.7. The molecule has 0 saturated heterocycles. The number of likely N-dealkylation sites (N-methyl/N-ethyl adjacent to an activating group) is 1. The molecule has 148 valence electrons. The van der Waals surface area contributed by atoms with Gasteiger partial charge in [0.1, 0.15) is 10.7 Å². The summed E-state index contributed by atoms with van der Waals surface area (Å²) >= 11 is 1.68. The number of aliphatic hydroxyl groups is 1. The predicted octanol–water partition coefficient (Wildman–Crippen LogP) is 3.66. The Morgan fingerprint density at radius 1 is 1.36 bits per heavy atom. The number of aromatic nitrogens is 2. The molecule has 4 rings (SSSR count). The summed E-state index contributed by atoms with van der Waals surface area (Å²) in [7, 11) is 0. The van der Waals surface area contributed by atoms with Crippen molar-refractivity contribution in [2.24, 2.45) is 5.92 Å². The lowest BCUT2D eigenvalue weighted by atomic mass is 9.89. The third-order valence-corrected chi connectivity index (χ3v) is 6.80. The predicted molar refractivity (Wildman–Crippen MR) is 114 cm³/mol. The lowest BCUT2D eigenvalue weighted by Gasteiger charge is -2.23. The second-order valence-corrected chi connectivity index (χ2v) is 8.88. The highest BCUT2D eigenvalue weighted by Crippen LogP contribution is 2.35. The molecule has 0 saturated carbocycles. The van der Waals surface area contributed by atoms with Crippen LogP contribution in [-0.4, -0.2) is 33.1 Å². The van der Waals surface area contributed by atoms with Gasteiger partial charge in [0, 0.05) is 11.4 Å². The second kappa shape index (κ2) is 8.15. The van der Waals surface area contributed by atoms with Crippen LogP contribution in [0, 0.1) is 5.92 Å². The number of nitrogens with one attached hydrogen (secondary N) is 1. The molecule has 5 nitrogen and oxygen atoms in total. The molecule has 6 heteroatoms. The van der Waals surface area contributed by atoms with Crippen LogP contribution in [0.1, 0.15) is 48.2 Å². The van der Waals surface area contributed by atoms with Crippen LogP contribution >= 0.6 is 11.3 Å². The number of nitrogens with zero attached hydrogens (tertiary/aromatic N) is 2. The average molecular weight is 398 g/mol. The monoisotopic (exact) mass is 397 g/mol. The molecule has 0 radical (unpaired) electrons. The molecular weight excluding hydrogens is 370 g/mol. The van der Waals surface area contributed by atoms with Gasteiger partial charge in [-0.25, -0.2) is 4.98 Å². The van der Waals surface area contributed by atoms with E-state index < -0.39 is 6.10 Å². The van der Waals surface area contributed by atoms with Crippen molar-refractivity contribution in [3.8, 4) is 0 Å². The molecule has 3 aromatic rings. The fourth-order valence-electron chi connectivity index (χ4n) is 4.01. The van der Waals surface area contributed by atoms with Crippen LogP contribution in [0.25, 0.3) is 10.2 Å². The van der Waals surface area contributed by atoms with Gasteiger partial charge in [0.15, 0.2) is 0 Å². The number of hydrogen-bond acceptors (Lipinski definition) is 5. The van der Waals surface area contributed by atoms with Gasteiger partial charge in [0.05, 0.1) is 18.0 Å².